The summed E-state index contributed by atoms with van der Waals surface area (Å²) in [5.74, 6) is 0.545. The molecule has 0 spiro atoms. The van der Waals surface area contributed by atoms with Crippen LogP contribution in [0.15, 0.2) is 52.9 Å². The quantitative estimate of drug-likeness (QED) is 0.741. The number of hydrogen-bond donors (Lipinski definition) is 2. The lowest BCUT2D eigenvalue weighted by Crippen LogP contribution is -2.29. The second-order valence-electron chi connectivity index (χ2n) is 6.72. The first-order valence-corrected chi connectivity index (χ1v) is 8.99. The number of carbonyl (C=O) groups is 2. The Morgan fingerprint density at radius 2 is 2.04 bits per heavy atom. The molecule has 2 N–H and O–H groups in total. The van der Waals surface area contributed by atoms with Crippen molar-refractivity contribution in [3.05, 3.63) is 65.4 Å². The average molecular weight is 363 g/mol. The molecule has 0 bridgehead atoms. The number of para-hydroxylation sites is 1. The number of rotatable bonds is 4. The van der Waals surface area contributed by atoms with E-state index in [1.807, 2.05) is 44.2 Å². The minimum absolute atomic E-state index is 0.140. The van der Waals surface area contributed by atoms with Crippen LogP contribution < -0.4 is 15.5 Å². The van der Waals surface area contributed by atoms with Crippen molar-refractivity contribution in [1.29, 1.82) is 0 Å². The van der Waals surface area contributed by atoms with Crippen LogP contribution in [-0.4, -0.2) is 25.0 Å². The van der Waals surface area contributed by atoms with Crippen LogP contribution in [0, 0.1) is 6.92 Å². The van der Waals surface area contributed by atoms with Crippen molar-refractivity contribution < 1.29 is 14.0 Å². The highest BCUT2D eigenvalue weighted by atomic mass is 16.3. The molecular formula is C21H21N3O3. The number of benzene rings is 2. The lowest BCUT2D eigenvalue weighted by atomic mass is 10.1. The van der Waals surface area contributed by atoms with Crippen molar-refractivity contribution in [2.24, 2.45) is 0 Å². The molecule has 2 heterocycles. The molecule has 2 aromatic carbocycles. The number of amides is 3. The van der Waals surface area contributed by atoms with E-state index in [2.05, 4.69) is 10.6 Å². The molecule has 0 radical (unpaired) electrons. The van der Waals surface area contributed by atoms with Gasteiger partial charge in [-0.1, -0.05) is 24.3 Å². The van der Waals surface area contributed by atoms with Gasteiger partial charge in [-0.15, -0.1) is 0 Å². The maximum atomic E-state index is 12.7. The van der Waals surface area contributed by atoms with Crippen molar-refractivity contribution in [3.63, 3.8) is 0 Å². The van der Waals surface area contributed by atoms with Gasteiger partial charge < -0.3 is 15.1 Å². The van der Waals surface area contributed by atoms with E-state index >= 15 is 0 Å². The van der Waals surface area contributed by atoms with Crippen LogP contribution in [0.3, 0.4) is 0 Å². The summed E-state index contributed by atoms with van der Waals surface area (Å²) in [5, 5.41) is 6.81. The largest absolute Gasteiger partial charge is 0.459 e. The highest BCUT2D eigenvalue weighted by molar-refractivity contribution is 5.98. The zero-order chi connectivity index (χ0) is 19.0. The summed E-state index contributed by atoms with van der Waals surface area (Å²) in [4.78, 5) is 26.2. The number of urea groups is 1. The smallest absolute Gasteiger partial charge is 0.321 e. The highest BCUT2D eigenvalue weighted by Crippen LogP contribution is 2.29. The first-order chi connectivity index (χ1) is 13.0. The van der Waals surface area contributed by atoms with Crippen LogP contribution >= 0.6 is 0 Å². The molecular weight excluding hydrogens is 342 g/mol. The Morgan fingerprint density at radius 1 is 1.22 bits per heavy atom. The number of nitrogens with one attached hydrogen (secondary N) is 2. The van der Waals surface area contributed by atoms with Gasteiger partial charge in [-0.2, -0.15) is 0 Å². The third-order valence-electron chi connectivity index (χ3n) is 4.90. The van der Waals surface area contributed by atoms with Gasteiger partial charge in [-0.25, -0.2) is 4.79 Å². The lowest BCUT2D eigenvalue weighted by molar-refractivity contribution is 0.0935. The third-order valence-corrected chi connectivity index (χ3v) is 4.90. The molecule has 27 heavy (non-hydrogen) atoms. The predicted octanol–water partition coefficient (Wildman–Crippen LogP) is 3.76. The molecule has 1 unspecified atom stereocenters. The van der Waals surface area contributed by atoms with Gasteiger partial charge >= 0.3 is 6.03 Å². The van der Waals surface area contributed by atoms with E-state index in [1.54, 1.807) is 23.1 Å². The highest BCUT2D eigenvalue weighted by Gasteiger charge is 2.23. The minimum atomic E-state index is -0.274. The molecule has 1 saturated heterocycles. The molecule has 3 aromatic rings. The van der Waals surface area contributed by atoms with Gasteiger partial charge in [-0.3, -0.25) is 9.69 Å². The summed E-state index contributed by atoms with van der Waals surface area (Å²) in [7, 11) is 0. The topological polar surface area (TPSA) is 74.6 Å². The standard InChI is InChI=1S/C21H21N3O3/c1-13-17-8-3-4-9-18(17)27-19(13)14(2)23-20(25)15-6-5-7-16(12-15)24-11-10-22-21(24)26/h3-9,12,14H,10-11H2,1-2H3,(H,22,26)(H,23,25). The van der Waals surface area contributed by atoms with E-state index in [1.165, 1.54) is 0 Å². The van der Waals surface area contributed by atoms with E-state index in [4.69, 9.17) is 4.42 Å². The third kappa shape index (κ3) is 3.14. The maximum absolute atomic E-state index is 12.7. The zero-order valence-electron chi connectivity index (χ0n) is 15.3. The molecule has 1 aliphatic rings. The lowest BCUT2D eigenvalue weighted by Gasteiger charge is -2.16. The summed E-state index contributed by atoms with van der Waals surface area (Å²) in [6.45, 7) is 5.10. The summed E-state index contributed by atoms with van der Waals surface area (Å²) in [6, 6.07) is 14.5. The van der Waals surface area contributed by atoms with E-state index in [9.17, 15) is 9.59 Å². The van der Waals surface area contributed by atoms with Gasteiger partial charge in [-0.05, 0) is 38.1 Å². The molecule has 1 aromatic heterocycles. The van der Waals surface area contributed by atoms with Crippen LogP contribution in [0.2, 0.25) is 0 Å². The predicted molar refractivity (Wildman–Crippen MR) is 104 cm³/mol. The number of anilines is 1. The summed E-state index contributed by atoms with van der Waals surface area (Å²) in [6.07, 6.45) is 0. The Bertz CT molecular complexity index is 1020. The zero-order valence-corrected chi connectivity index (χ0v) is 15.3. The Labute approximate surface area is 157 Å². The average Bonchev–Trinajstić information content (AvgIpc) is 3.25. The van der Waals surface area contributed by atoms with Gasteiger partial charge in [0.2, 0.25) is 0 Å². The molecule has 0 aliphatic carbocycles. The van der Waals surface area contributed by atoms with Crippen molar-refractivity contribution in [1.82, 2.24) is 10.6 Å². The first-order valence-electron chi connectivity index (χ1n) is 8.99. The van der Waals surface area contributed by atoms with Crippen LogP contribution in [0.4, 0.5) is 10.5 Å². The maximum Gasteiger partial charge on any atom is 0.321 e. The van der Waals surface area contributed by atoms with Crippen molar-refractivity contribution in [3.8, 4) is 0 Å². The van der Waals surface area contributed by atoms with Crippen LogP contribution in [-0.2, 0) is 0 Å². The molecule has 1 atom stereocenters. The van der Waals surface area contributed by atoms with E-state index < -0.39 is 0 Å². The Morgan fingerprint density at radius 3 is 2.78 bits per heavy atom. The molecule has 1 aliphatic heterocycles. The SMILES string of the molecule is Cc1c(C(C)NC(=O)c2cccc(N3CCNC3=O)c2)oc2ccccc12. The number of carbonyl (C=O) groups excluding carboxylic acids is 2. The van der Waals surface area contributed by atoms with Crippen LogP contribution in [0.5, 0.6) is 0 Å². The molecule has 1 fully saturated rings. The van der Waals surface area contributed by atoms with Gasteiger partial charge in [0.25, 0.3) is 5.91 Å². The summed E-state index contributed by atoms with van der Waals surface area (Å²) in [5.41, 5.74) is 3.06. The van der Waals surface area contributed by atoms with Crippen molar-refractivity contribution >= 4 is 28.6 Å². The second kappa shape index (κ2) is 6.79. The summed E-state index contributed by atoms with van der Waals surface area (Å²) < 4.78 is 5.94. The number of fused-ring (bicyclic) bond motifs is 1. The number of aryl methyl sites for hydroxylation is 1. The van der Waals surface area contributed by atoms with Crippen LogP contribution in [0.1, 0.15) is 34.6 Å². The monoisotopic (exact) mass is 363 g/mol. The molecule has 6 nitrogen and oxygen atoms in total. The molecule has 0 saturated carbocycles. The Hall–Kier alpha value is -3.28. The van der Waals surface area contributed by atoms with E-state index in [0.29, 0.717) is 24.3 Å². The fraction of sp³-hybridized carbons (Fsp3) is 0.238. The normalized spacial score (nSPS) is 15.0. The number of nitrogens with zero attached hydrogens (tertiary/aromatic N) is 1. The van der Waals surface area contributed by atoms with Crippen molar-refractivity contribution in [2.45, 2.75) is 19.9 Å². The Kier molecular flexibility index (Phi) is 4.32. The van der Waals surface area contributed by atoms with Gasteiger partial charge in [0, 0.05) is 35.3 Å². The second-order valence-corrected chi connectivity index (χ2v) is 6.72. The molecule has 3 amide bonds. The number of furan rings is 1. The number of hydrogen-bond acceptors (Lipinski definition) is 3. The fourth-order valence-corrected chi connectivity index (χ4v) is 3.48. The fourth-order valence-electron chi connectivity index (χ4n) is 3.48. The first kappa shape index (κ1) is 17.1. The molecule has 138 valence electrons. The molecule has 6 heteroatoms. The van der Waals surface area contributed by atoms with E-state index in [-0.39, 0.29) is 18.0 Å². The minimum Gasteiger partial charge on any atom is -0.459 e. The van der Waals surface area contributed by atoms with Gasteiger partial charge in [0.15, 0.2) is 0 Å². The molecule has 4 rings (SSSR count). The van der Waals surface area contributed by atoms with Crippen molar-refractivity contribution in [2.75, 3.05) is 18.0 Å². The van der Waals surface area contributed by atoms with E-state index in [0.717, 1.165) is 22.3 Å². The Balaban J connectivity index is 1.55. The van der Waals surface area contributed by atoms with Gasteiger partial charge in [0.1, 0.15) is 11.3 Å². The summed E-state index contributed by atoms with van der Waals surface area (Å²) >= 11 is 0. The van der Waals surface area contributed by atoms with Gasteiger partial charge in [0.05, 0.1) is 6.04 Å². The van der Waals surface area contributed by atoms with Crippen LogP contribution in [0.25, 0.3) is 11.0 Å².